The minimum Gasteiger partial charge on any atom is -0.361 e. The van der Waals surface area contributed by atoms with Crippen molar-refractivity contribution in [3.63, 3.8) is 0 Å². The number of H-pyrrole nitrogens is 1. The summed E-state index contributed by atoms with van der Waals surface area (Å²) in [5, 5.41) is 13.1. The van der Waals surface area contributed by atoms with E-state index < -0.39 is 0 Å². The molecule has 0 atom stereocenters. The van der Waals surface area contributed by atoms with Gasteiger partial charge in [-0.2, -0.15) is 5.10 Å². The van der Waals surface area contributed by atoms with Crippen LogP contribution in [0.25, 0.3) is 10.9 Å². The van der Waals surface area contributed by atoms with Crippen molar-refractivity contribution >= 4 is 28.5 Å². The van der Waals surface area contributed by atoms with Crippen LogP contribution in [0.1, 0.15) is 29.4 Å². The van der Waals surface area contributed by atoms with Crippen LogP contribution in [0.15, 0.2) is 29.4 Å². The number of nitrogens with zero attached hydrogens (tertiary/aromatic N) is 3. The van der Waals surface area contributed by atoms with E-state index >= 15 is 0 Å². The summed E-state index contributed by atoms with van der Waals surface area (Å²) in [6.07, 6.45) is 2.94. The van der Waals surface area contributed by atoms with Crippen LogP contribution in [0, 0.1) is 13.8 Å². The van der Waals surface area contributed by atoms with Gasteiger partial charge in [0.1, 0.15) is 0 Å². The molecule has 0 spiro atoms. The summed E-state index contributed by atoms with van der Waals surface area (Å²) >= 11 is 6.13. The third-order valence-electron chi connectivity index (χ3n) is 4.81. The maximum Gasteiger partial charge on any atom is 0.191 e. The number of fused-ring (bicyclic) bond motifs is 1. The standard InChI is InChI=1S/C20H27ClN6/c1-5-22-20(25-12-18-13(2)26-27(4)14(18)3)23-9-8-15-11-24-19-7-6-16(21)10-17(15)19/h6-7,10-11,24H,5,8-9,12H2,1-4H3,(H2,22,23,25). The summed E-state index contributed by atoms with van der Waals surface area (Å²) in [7, 11) is 1.96. The van der Waals surface area contributed by atoms with Gasteiger partial charge in [0.15, 0.2) is 5.96 Å². The van der Waals surface area contributed by atoms with Gasteiger partial charge in [0.25, 0.3) is 0 Å². The topological polar surface area (TPSA) is 70.0 Å². The fourth-order valence-electron chi connectivity index (χ4n) is 3.22. The monoisotopic (exact) mass is 386 g/mol. The summed E-state index contributed by atoms with van der Waals surface area (Å²) in [5.41, 5.74) is 5.72. The Bertz CT molecular complexity index is 953. The fraction of sp³-hybridized carbons (Fsp3) is 0.400. The third-order valence-corrected chi connectivity index (χ3v) is 5.05. The lowest BCUT2D eigenvalue weighted by atomic mass is 10.1. The van der Waals surface area contributed by atoms with E-state index in [2.05, 4.69) is 40.8 Å². The van der Waals surface area contributed by atoms with Gasteiger partial charge < -0.3 is 15.6 Å². The van der Waals surface area contributed by atoms with Gasteiger partial charge in [-0.15, -0.1) is 0 Å². The zero-order valence-electron chi connectivity index (χ0n) is 16.4. The predicted octanol–water partition coefficient (Wildman–Crippen LogP) is 3.47. The van der Waals surface area contributed by atoms with E-state index in [1.165, 1.54) is 16.5 Å². The average Bonchev–Trinajstić information content (AvgIpc) is 3.14. The maximum absolute atomic E-state index is 6.13. The van der Waals surface area contributed by atoms with Crippen molar-refractivity contribution in [2.45, 2.75) is 33.7 Å². The van der Waals surface area contributed by atoms with Crippen LogP contribution in [-0.2, 0) is 20.0 Å². The van der Waals surface area contributed by atoms with E-state index in [1.807, 2.05) is 36.9 Å². The lowest BCUT2D eigenvalue weighted by Crippen LogP contribution is -2.38. The first-order chi connectivity index (χ1) is 13.0. The van der Waals surface area contributed by atoms with Gasteiger partial charge in [-0.3, -0.25) is 4.68 Å². The molecule has 0 saturated heterocycles. The summed E-state index contributed by atoms with van der Waals surface area (Å²) in [6.45, 7) is 8.40. The number of halogens is 1. The fourth-order valence-corrected chi connectivity index (χ4v) is 3.39. The number of hydrogen-bond donors (Lipinski definition) is 3. The molecule has 7 heteroatoms. The molecule has 3 aromatic rings. The zero-order valence-corrected chi connectivity index (χ0v) is 17.1. The highest BCUT2D eigenvalue weighted by molar-refractivity contribution is 6.31. The van der Waals surface area contributed by atoms with E-state index in [4.69, 9.17) is 16.6 Å². The maximum atomic E-state index is 6.13. The Kier molecular flexibility index (Phi) is 6.06. The second-order valence-corrected chi connectivity index (χ2v) is 7.09. The van der Waals surface area contributed by atoms with E-state index in [0.29, 0.717) is 6.54 Å². The van der Waals surface area contributed by atoms with E-state index in [9.17, 15) is 0 Å². The molecule has 2 aromatic heterocycles. The first-order valence-corrected chi connectivity index (χ1v) is 9.64. The largest absolute Gasteiger partial charge is 0.361 e. The Hall–Kier alpha value is -2.47. The molecule has 1 aromatic carbocycles. The number of aromatic nitrogens is 3. The smallest absolute Gasteiger partial charge is 0.191 e. The molecule has 0 fully saturated rings. The molecular weight excluding hydrogens is 360 g/mol. The molecular formula is C20H27ClN6. The highest BCUT2D eigenvalue weighted by atomic mass is 35.5. The predicted molar refractivity (Wildman–Crippen MR) is 113 cm³/mol. The van der Waals surface area contributed by atoms with Crippen molar-refractivity contribution in [3.8, 4) is 0 Å². The second kappa shape index (κ2) is 8.48. The molecule has 0 unspecified atom stereocenters. The van der Waals surface area contributed by atoms with E-state index in [0.717, 1.165) is 47.4 Å². The normalized spacial score (nSPS) is 12.0. The van der Waals surface area contributed by atoms with Crippen LogP contribution in [0.3, 0.4) is 0 Å². The van der Waals surface area contributed by atoms with E-state index in [1.54, 1.807) is 0 Å². The number of rotatable bonds is 6. The molecule has 0 radical (unpaired) electrons. The number of aliphatic imine (C=N–C) groups is 1. The van der Waals surface area contributed by atoms with Crippen LogP contribution in [0.4, 0.5) is 0 Å². The van der Waals surface area contributed by atoms with Crippen LogP contribution in [0.2, 0.25) is 5.02 Å². The minimum absolute atomic E-state index is 0.615. The molecule has 3 rings (SSSR count). The van der Waals surface area contributed by atoms with Crippen molar-refractivity contribution in [2.24, 2.45) is 12.0 Å². The molecule has 0 saturated carbocycles. The SMILES string of the molecule is CCNC(=NCc1c(C)nn(C)c1C)NCCc1c[nH]c2ccc(Cl)cc12. The molecule has 27 heavy (non-hydrogen) atoms. The molecule has 0 aliphatic heterocycles. The Morgan fingerprint density at radius 2 is 2.11 bits per heavy atom. The van der Waals surface area contributed by atoms with Gasteiger partial charge >= 0.3 is 0 Å². The third kappa shape index (κ3) is 4.45. The number of hydrogen-bond acceptors (Lipinski definition) is 2. The first kappa shape index (κ1) is 19.3. The number of nitrogens with one attached hydrogen (secondary N) is 3. The lowest BCUT2D eigenvalue weighted by Gasteiger charge is -2.11. The molecule has 6 nitrogen and oxygen atoms in total. The quantitative estimate of drug-likeness (QED) is 0.448. The highest BCUT2D eigenvalue weighted by Crippen LogP contribution is 2.22. The van der Waals surface area contributed by atoms with Crippen LogP contribution in [0.5, 0.6) is 0 Å². The van der Waals surface area contributed by atoms with Crippen molar-refractivity contribution in [1.29, 1.82) is 0 Å². The molecule has 0 bridgehead atoms. The summed E-state index contributed by atoms with van der Waals surface area (Å²) in [4.78, 5) is 8.02. The minimum atomic E-state index is 0.615. The van der Waals surface area contributed by atoms with Crippen molar-refractivity contribution in [3.05, 3.63) is 51.9 Å². The van der Waals surface area contributed by atoms with E-state index in [-0.39, 0.29) is 0 Å². The van der Waals surface area contributed by atoms with Gasteiger partial charge in [0.05, 0.1) is 12.2 Å². The van der Waals surface area contributed by atoms with Gasteiger partial charge in [-0.1, -0.05) is 11.6 Å². The number of aryl methyl sites for hydroxylation is 2. The molecule has 2 heterocycles. The second-order valence-electron chi connectivity index (χ2n) is 6.65. The Balaban J connectivity index is 1.64. The number of aromatic amines is 1. The van der Waals surface area contributed by atoms with Gasteiger partial charge in [0, 0.05) is 53.5 Å². The van der Waals surface area contributed by atoms with Gasteiger partial charge in [-0.05, 0) is 51.0 Å². The Morgan fingerprint density at radius 3 is 2.81 bits per heavy atom. The number of guanidine groups is 1. The van der Waals surface area contributed by atoms with Crippen molar-refractivity contribution in [2.75, 3.05) is 13.1 Å². The van der Waals surface area contributed by atoms with Crippen molar-refractivity contribution < 1.29 is 0 Å². The van der Waals surface area contributed by atoms with Crippen molar-refractivity contribution in [1.82, 2.24) is 25.4 Å². The van der Waals surface area contributed by atoms with Gasteiger partial charge in [0.2, 0.25) is 0 Å². The van der Waals surface area contributed by atoms with Crippen LogP contribution >= 0.6 is 11.6 Å². The number of benzene rings is 1. The first-order valence-electron chi connectivity index (χ1n) is 9.26. The summed E-state index contributed by atoms with van der Waals surface area (Å²) in [5.74, 6) is 0.818. The summed E-state index contributed by atoms with van der Waals surface area (Å²) < 4.78 is 1.91. The molecule has 0 amide bonds. The Morgan fingerprint density at radius 1 is 1.30 bits per heavy atom. The zero-order chi connectivity index (χ0) is 19.4. The highest BCUT2D eigenvalue weighted by Gasteiger charge is 2.09. The average molecular weight is 387 g/mol. The molecule has 0 aliphatic rings. The molecule has 3 N–H and O–H groups in total. The van der Waals surface area contributed by atoms with Crippen LogP contribution < -0.4 is 10.6 Å². The summed E-state index contributed by atoms with van der Waals surface area (Å²) in [6, 6.07) is 5.93. The van der Waals surface area contributed by atoms with Crippen LogP contribution in [-0.4, -0.2) is 33.8 Å². The lowest BCUT2D eigenvalue weighted by molar-refractivity contribution is 0.730. The molecule has 0 aliphatic carbocycles. The van der Waals surface area contributed by atoms with Gasteiger partial charge in [-0.25, -0.2) is 4.99 Å². The Labute approximate surface area is 165 Å². The molecule has 144 valence electrons.